The summed E-state index contributed by atoms with van der Waals surface area (Å²) in [4.78, 5) is 34.7. The summed E-state index contributed by atoms with van der Waals surface area (Å²) in [6.07, 6.45) is 1.05. The third-order valence-corrected chi connectivity index (χ3v) is 6.70. The van der Waals surface area contributed by atoms with E-state index in [4.69, 9.17) is 14.3 Å². The number of carbonyl (C=O) groups excluding carboxylic acids is 2. The van der Waals surface area contributed by atoms with Crippen LogP contribution in [-0.2, 0) is 14.4 Å². The second-order valence-electron chi connectivity index (χ2n) is 9.12. The number of fused-ring (bicyclic) bond motifs is 1. The van der Waals surface area contributed by atoms with Crippen LogP contribution in [0.1, 0.15) is 36.9 Å². The van der Waals surface area contributed by atoms with Crippen LogP contribution in [0.5, 0.6) is 11.5 Å². The Balaban J connectivity index is 1.54. The predicted molar refractivity (Wildman–Crippen MR) is 137 cm³/mol. The number of hydroxylamine groups is 1. The van der Waals surface area contributed by atoms with Crippen LogP contribution in [0.3, 0.4) is 0 Å². The van der Waals surface area contributed by atoms with E-state index in [1.165, 1.54) is 4.90 Å². The minimum absolute atomic E-state index is 0.278. The number of carbonyl (C=O) groups is 2. The summed E-state index contributed by atoms with van der Waals surface area (Å²) in [7, 11) is 1.60. The Bertz CT molecular complexity index is 1240. The van der Waals surface area contributed by atoms with Crippen LogP contribution in [0, 0.1) is 12.8 Å². The van der Waals surface area contributed by atoms with Crippen molar-refractivity contribution in [3.05, 3.63) is 83.9 Å². The molecule has 0 spiro atoms. The van der Waals surface area contributed by atoms with E-state index >= 15 is 0 Å². The van der Waals surface area contributed by atoms with Crippen LogP contribution >= 0.6 is 0 Å². The quantitative estimate of drug-likeness (QED) is 0.321. The molecular formula is C29H30N2O5. The number of anilines is 2. The van der Waals surface area contributed by atoms with E-state index in [0.717, 1.165) is 29.7 Å². The smallest absolute Gasteiger partial charge is 0.266 e. The zero-order valence-corrected chi connectivity index (χ0v) is 20.7. The number of aryl methyl sites for hydroxylation is 1. The summed E-state index contributed by atoms with van der Waals surface area (Å²) in [6, 6.07) is 22.0. The van der Waals surface area contributed by atoms with Gasteiger partial charge in [0.1, 0.15) is 5.92 Å². The van der Waals surface area contributed by atoms with E-state index in [0.29, 0.717) is 23.8 Å². The van der Waals surface area contributed by atoms with Crippen molar-refractivity contribution in [1.82, 2.24) is 0 Å². The molecule has 7 heteroatoms. The summed E-state index contributed by atoms with van der Waals surface area (Å²) >= 11 is 0. The van der Waals surface area contributed by atoms with Gasteiger partial charge in [0.25, 0.3) is 5.91 Å². The lowest BCUT2D eigenvalue weighted by molar-refractivity contribution is -0.126. The standard InChI is InChI=1S/C29H30N2O5/c1-4-5-17-35-23-16-13-20(18-24(23)34-3)26-25-27(36-31(26)22-9-7-6-8-10-22)29(33)30(28(25)32)21-14-11-19(2)12-15-21/h6-16,18,25-27H,4-5,17H2,1-3H3/t25-,26-,27-/m0/s1. The molecule has 0 N–H and O–H groups in total. The molecule has 3 aromatic rings. The Labute approximate surface area is 211 Å². The Kier molecular flexibility index (Phi) is 6.65. The van der Waals surface area contributed by atoms with E-state index < -0.39 is 18.1 Å². The second kappa shape index (κ2) is 10.0. The lowest BCUT2D eigenvalue weighted by Crippen LogP contribution is -2.37. The first-order valence-electron chi connectivity index (χ1n) is 12.3. The number of hydrogen-bond acceptors (Lipinski definition) is 6. The fourth-order valence-electron chi connectivity index (χ4n) is 4.81. The third kappa shape index (κ3) is 4.20. The van der Waals surface area contributed by atoms with Gasteiger partial charge in [-0.25, -0.2) is 9.96 Å². The molecule has 3 aromatic carbocycles. The molecule has 5 rings (SSSR count). The lowest BCUT2D eigenvalue weighted by atomic mass is 9.90. The van der Waals surface area contributed by atoms with Crippen molar-refractivity contribution >= 4 is 23.2 Å². The maximum atomic E-state index is 13.8. The second-order valence-corrected chi connectivity index (χ2v) is 9.12. The molecule has 2 saturated heterocycles. The molecule has 0 unspecified atom stereocenters. The molecule has 2 aliphatic heterocycles. The zero-order chi connectivity index (χ0) is 25.2. The minimum atomic E-state index is -0.921. The predicted octanol–water partition coefficient (Wildman–Crippen LogP) is 5.23. The van der Waals surface area contributed by atoms with Gasteiger partial charge in [-0.1, -0.05) is 55.3 Å². The third-order valence-electron chi connectivity index (χ3n) is 6.70. The first-order chi connectivity index (χ1) is 17.5. The Hall–Kier alpha value is -3.84. The molecule has 2 heterocycles. The minimum Gasteiger partial charge on any atom is -0.493 e. The molecule has 2 aliphatic rings. The number of para-hydroxylation sites is 1. The lowest BCUT2D eigenvalue weighted by Gasteiger charge is -2.29. The Morgan fingerprint density at radius 1 is 0.889 bits per heavy atom. The summed E-state index contributed by atoms with van der Waals surface area (Å²) < 4.78 is 11.5. The zero-order valence-electron chi connectivity index (χ0n) is 20.7. The highest BCUT2D eigenvalue weighted by Crippen LogP contribution is 2.48. The van der Waals surface area contributed by atoms with Gasteiger partial charge in [-0.05, 0) is 55.3 Å². The largest absolute Gasteiger partial charge is 0.493 e. The van der Waals surface area contributed by atoms with Crippen LogP contribution in [0.4, 0.5) is 11.4 Å². The molecule has 0 radical (unpaired) electrons. The van der Waals surface area contributed by atoms with Gasteiger partial charge in [-0.2, -0.15) is 0 Å². The maximum absolute atomic E-state index is 13.8. The molecule has 2 fully saturated rings. The van der Waals surface area contributed by atoms with Crippen molar-refractivity contribution in [1.29, 1.82) is 0 Å². The van der Waals surface area contributed by atoms with Crippen molar-refractivity contribution in [2.75, 3.05) is 23.7 Å². The van der Waals surface area contributed by atoms with Gasteiger partial charge in [-0.15, -0.1) is 0 Å². The van der Waals surface area contributed by atoms with Gasteiger partial charge in [0.15, 0.2) is 17.6 Å². The SMILES string of the molecule is CCCCOc1ccc([C@H]2[C@@H]3C(=O)N(c4ccc(C)cc4)C(=O)[C@H]3ON2c2ccccc2)cc1OC. The van der Waals surface area contributed by atoms with Crippen LogP contribution < -0.4 is 19.4 Å². The summed E-state index contributed by atoms with van der Waals surface area (Å²) in [6.45, 7) is 4.67. The van der Waals surface area contributed by atoms with E-state index in [1.807, 2.05) is 67.6 Å². The Morgan fingerprint density at radius 2 is 1.64 bits per heavy atom. The molecule has 186 valence electrons. The van der Waals surface area contributed by atoms with E-state index in [9.17, 15) is 9.59 Å². The van der Waals surface area contributed by atoms with Gasteiger partial charge >= 0.3 is 0 Å². The molecule has 0 aromatic heterocycles. The van der Waals surface area contributed by atoms with Gasteiger partial charge in [0.05, 0.1) is 31.1 Å². The number of benzene rings is 3. The van der Waals surface area contributed by atoms with Crippen molar-refractivity contribution in [2.45, 2.75) is 38.8 Å². The molecule has 7 nitrogen and oxygen atoms in total. The number of imide groups is 1. The summed E-state index contributed by atoms with van der Waals surface area (Å²) in [5, 5.41) is 1.68. The summed E-state index contributed by atoms with van der Waals surface area (Å²) in [5.74, 6) is -0.127. The highest BCUT2D eigenvalue weighted by atomic mass is 16.7. The topological polar surface area (TPSA) is 68.3 Å². The number of rotatable bonds is 8. The molecule has 0 saturated carbocycles. The Morgan fingerprint density at radius 3 is 2.33 bits per heavy atom. The molecule has 36 heavy (non-hydrogen) atoms. The number of hydrogen-bond donors (Lipinski definition) is 0. The molecule has 0 aliphatic carbocycles. The normalized spacial score (nSPS) is 21.1. The van der Waals surface area contributed by atoms with E-state index in [1.54, 1.807) is 24.3 Å². The molecule has 2 amide bonds. The van der Waals surface area contributed by atoms with E-state index in [-0.39, 0.29) is 11.8 Å². The van der Waals surface area contributed by atoms with E-state index in [2.05, 4.69) is 6.92 Å². The van der Waals surface area contributed by atoms with Gasteiger partial charge in [0.2, 0.25) is 5.91 Å². The highest BCUT2D eigenvalue weighted by molar-refractivity contribution is 6.23. The van der Waals surface area contributed by atoms with Gasteiger partial charge in [0, 0.05) is 0 Å². The average Bonchev–Trinajstić information content (AvgIpc) is 3.41. The van der Waals surface area contributed by atoms with Crippen LogP contribution in [-0.4, -0.2) is 31.6 Å². The number of methoxy groups -OCH3 is 1. The summed E-state index contributed by atoms with van der Waals surface area (Å²) in [5.41, 5.74) is 3.17. The maximum Gasteiger partial charge on any atom is 0.266 e. The monoisotopic (exact) mass is 486 g/mol. The van der Waals surface area contributed by atoms with Crippen molar-refractivity contribution < 1.29 is 23.9 Å². The number of ether oxygens (including phenoxy) is 2. The van der Waals surface area contributed by atoms with Crippen LogP contribution in [0.2, 0.25) is 0 Å². The number of unbranched alkanes of at least 4 members (excludes halogenated alkanes) is 1. The molecular weight excluding hydrogens is 456 g/mol. The fraction of sp³-hybridized carbons (Fsp3) is 0.310. The highest BCUT2D eigenvalue weighted by Gasteiger charge is 2.60. The number of nitrogens with zero attached hydrogens (tertiary/aromatic N) is 2. The fourth-order valence-corrected chi connectivity index (χ4v) is 4.81. The van der Waals surface area contributed by atoms with Gasteiger partial charge in [-0.3, -0.25) is 14.4 Å². The van der Waals surface area contributed by atoms with Crippen LogP contribution in [0.25, 0.3) is 0 Å². The molecule has 3 atom stereocenters. The van der Waals surface area contributed by atoms with Crippen LogP contribution in [0.15, 0.2) is 72.8 Å². The van der Waals surface area contributed by atoms with Crippen molar-refractivity contribution in [3.8, 4) is 11.5 Å². The van der Waals surface area contributed by atoms with Gasteiger partial charge < -0.3 is 9.47 Å². The average molecular weight is 487 g/mol. The first-order valence-corrected chi connectivity index (χ1v) is 12.3. The molecule has 0 bridgehead atoms. The van der Waals surface area contributed by atoms with Crippen molar-refractivity contribution in [2.24, 2.45) is 5.92 Å². The number of amides is 2. The van der Waals surface area contributed by atoms with Crippen molar-refractivity contribution in [3.63, 3.8) is 0 Å². The first kappa shape index (κ1) is 23.9.